The van der Waals surface area contributed by atoms with Crippen LogP contribution in [0.3, 0.4) is 0 Å². The molecule has 0 saturated carbocycles. The zero-order valence-electron chi connectivity index (χ0n) is 11.9. The summed E-state index contributed by atoms with van der Waals surface area (Å²) in [5, 5.41) is 32.5. The number of nitro groups is 1. The van der Waals surface area contributed by atoms with Crippen LogP contribution in [-0.2, 0) is 0 Å². The number of nitriles is 1. The van der Waals surface area contributed by atoms with Crippen LogP contribution >= 0.6 is 0 Å². The monoisotopic (exact) mass is 277 g/mol. The number of rotatable bonds is 5. The Kier molecular flexibility index (Phi) is 5.06. The van der Waals surface area contributed by atoms with E-state index in [4.69, 9.17) is 5.26 Å². The molecule has 108 valence electrons. The predicted molar refractivity (Wildman–Crippen MR) is 76.4 cm³/mol. The quantitative estimate of drug-likeness (QED) is 0.636. The normalized spacial score (nSPS) is 12.6. The molecule has 0 aromatic heterocycles. The van der Waals surface area contributed by atoms with E-state index in [9.17, 15) is 15.2 Å². The van der Waals surface area contributed by atoms with Gasteiger partial charge in [0.05, 0.1) is 11.0 Å². The molecular weight excluding hydrogens is 258 g/mol. The molecule has 0 amide bonds. The summed E-state index contributed by atoms with van der Waals surface area (Å²) in [6, 6.07) is 6.04. The lowest BCUT2D eigenvalue weighted by Gasteiger charge is -2.22. The second kappa shape index (κ2) is 6.35. The van der Waals surface area contributed by atoms with Gasteiger partial charge >= 0.3 is 0 Å². The van der Waals surface area contributed by atoms with Crippen LogP contribution in [0.1, 0.15) is 32.8 Å². The van der Waals surface area contributed by atoms with Crippen molar-refractivity contribution >= 4 is 11.4 Å². The fraction of sp³-hybridized carbons (Fsp3) is 0.500. The van der Waals surface area contributed by atoms with Gasteiger partial charge in [-0.3, -0.25) is 10.1 Å². The van der Waals surface area contributed by atoms with Gasteiger partial charge in [0.25, 0.3) is 5.69 Å². The Morgan fingerprint density at radius 3 is 2.65 bits per heavy atom. The first-order valence-electron chi connectivity index (χ1n) is 6.33. The van der Waals surface area contributed by atoms with Crippen LogP contribution in [0.25, 0.3) is 0 Å². The summed E-state index contributed by atoms with van der Waals surface area (Å²) in [5.74, 6) is 0. The van der Waals surface area contributed by atoms with E-state index < -0.39 is 11.0 Å². The second-order valence-electron chi connectivity index (χ2n) is 5.90. The summed E-state index contributed by atoms with van der Waals surface area (Å²) >= 11 is 0. The first-order chi connectivity index (χ1) is 9.23. The number of nitrogens with zero attached hydrogens (tertiary/aromatic N) is 2. The molecule has 0 bridgehead atoms. The van der Waals surface area contributed by atoms with Gasteiger partial charge in [-0.15, -0.1) is 0 Å². The van der Waals surface area contributed by atoms with Gasteiger partial charge in [-0.25, -0.2) is 0 Å². The molecule has 0 radical (unpaired) electrons. The Labute approximate surface area is 118 Å². The van der Waals surface area contributed by atoms with Crippen molar-refractivity contribution in [2.75, 3.05) is 11.9 Å². The van der Waals surface area contributed by atoms with Crippen molar-refractivity contribution < 1.29 is 10.0 Å². The smallest absolute Gasteiger partial charge is 0.287 e. The molecule has 0 aliphatic rings. The van der Waals surface area contributed by atoms with Crippen LogP contribution in [0, 0.1) is 26.9 Å². The van der Waals surface area contributed by atoms with E-state index in [1.165, 1.54) is 18.2 Å². The third-order valence-corrected chi connectivity index (χ3v) is 2.70. The highest BCUT2D eigenvalue weighted by Crippen LogP contribution is 2.23. The Morgan fingerprint density at radius 1 is 1.50 bits per heavy atom. The van der Waals surface area contributed by atoms with Crippen LogP contribution in [0.2, 0.25) is 0 Å². The maximum atomic E-state index is 10.7. The summed E-state index contributed by atoms with van der Waals surface area (Å²) in [5.41, 5.74) is 0.396. The molecule has 1 aromatic rings. The molecule has 6 nitrogen and oxygen atoms in total. The molecule has 20 heavy (non-hydrogen) atoms. The summed E-state index contributed by atoms with van der Waals surface area (Å²) in [4.78, 5) is 10.1. The Hall–Kier alpha value is -2.13. The molecule has 0 spiro atoms. The fourth-order valence-corrected chi connectivity index (χ4v) is 1.91. The molecule has 1 aromatic carbocycles. The summed E-state index contributed by atoms with van der Waals surface area (Å²) in [6.07, 6.45) is 0.119. The molecule has 1 rings (SSSR count). The molecule has 1 atom stereocenters. The molecule has 0 aliphatic carbocycles. The summed E-state index contributed by atoms with van der Waals surface area (Å²) in [6.45, 7) is 6.45. The van der Waals surface area contributed by atoms with Crippen LogP contribution in [0.4, 0.5) is 11.4 Å². The second-order valence-corrected chi connectivity index (χ2v) is 5.90. The van der Waals surface area contributed by atoms with Crippen molar-refractivity contribution in [2.24, 2.45) is 5.41 Å². The zero-order chi connectivity index (χ0) is 15.3. The SMILES string of the molecule is CC(C)(C)CC(O)CNc1ccc([N+](=O)[O-])c(C#N)c1. The molecule has 6 heteroatoms. The van der Waals surface area contributed by atoms with Crippen LogP contribution in [0.5, 0.6) is 0 Å². The molecule has 0 aliphatic heterocycles. The maximum absolute atomic E-state index is 10.7. The van der Waals surface area contributed by atoms with Crippen LogP contribution in [-0.4, -0.2) is 22.7 Å². The predicted octanol–water partition coefficient (Wildman–Crippen LogP) is 2.68. The third-order valence-electron chi connectivity index (χ3n) is 2.70. The van der Waals surface area contributed by atoms with Crippen LogP contribution in [0.15, 0.2) is 18.2 Å². The van der Waals surface area contributed by atoms with Gasteiger partial charge in [0, 0.05) is 18.3 Å². The molecule has 1 unspecified atom stereocenters. The van der Waals surface area contributed by atoms with Crippen LogP contribution < -0.4 is 5.32 Å². The molecule has 0 heterocycles. The van der Waals surface area contributed by atoms with Crippen molar-refractivity contribution in [1.29, 1.82) is 5.26 Å². The minimum atomic E-state index is -0.587. The minimum absolute atomic E-state index is 0.00492. The molecule has 0 fully saturated rings. The number of nitro benzene ring substituents is 1. The van der Waals surface area contributed by atoms with Gasteiger partial charge in [0.2, 0.25) is 0 Å². The van der Waals surface area contributed by atoms with E-state index in [0.717, 1.165) is 0 Å². The highest BCUT2D eigenvalue weighted by atomic mass is 16.6. The maximum Gasteiger partial charge on any atom is 0.287 e. The first kappa shape index (κ1) is 15.9. The average Bonchev–Trinajstić information content (AvgIpc) is 2.33. The van der Waals surface area contributed by atoms with E-state index in [1.54, 1.807) is 6.07 Å². The topological polar surface area (TPSA) is 99.2 Å². The number of aliphatic hydroxyl groups is 1. The van der Waals surface area contributed by atoms with Gasteiger partial charge in [0.15, 0.2) is 0 Å². The van der Waals surface area contributed by atoms with Gasteiger partial charge in [-0.05, 0) is 24.0 Å². The molecule has 2 N–H and O–H groups in total. The van der Waals surface area contributed by atoms with E-state index in [1.807, 2.05) is 20.8 Å². The Morgan fingerprint density at radius 2 is 2.15 bits per heavy atom. The lowest BCUT2D eigenvalue weighted by Crippen LogP contribution is -2.25. The number of nitrogens with one attached hydrogen (secondary N) is 1. The van der Waals surface area contributed by atoms with E-state index in [0.29, 0.717) is 18.7 Å². The minimum Gasteiger partial charge on any atom is -0.391 e. The Bertz CT molecular complexity index is 529. The Balaban J connectivity index is 2.71. The highest BCUT2D eigenvalue weighted by molar-refractivity contribution is 5.58. The number of hydrogen-bond acceptors (Lipinski definition) is 5. The van der Waals surface area contributed by atoms with Crippen molar-refractivity contribution in [2.45, 2.75) is 33.3 Å². The fourth-order valence-electron chi connectivity index (χ4n) is 1.91. The van der Waals surface area contributed by atoms with Gasteiger partial charge in [0.1, 0.15) is 11.6 Å². The zero-order valence-corrected chi connectivity index (χ0v) is 11.9. The van der Waals surface area contributed by atoms with Crippen molar-refractivity contribution in [3.63, 3.8) is 0 Å². The average molecular weight is 277 g/mol. The summed E-state index contributed by atoms with van der Waals surface area (Å²) < 4.78 is 0. The van der Waals surface area contributed by atoms with E-state index >= 15 is 0 Å². The van der Waals surface area contributed by atoms with Crippen molar-refractivity contribution in [3.8, 4) is 6.07 Å². The van der Waals surface area contributed by atoms with E-state index in [-0.39, 0.29) is 16.7 Å². The van der Waals surface area contributed by atoms with Crippen molar-refractivity contribution in [1.82, 2.24) is 0 Å². The number of hydrogen-bond donors (Lipinski definition) is 2. The van der Waals surface area contributed by atoms with Gasteiger partial charge in [-0.2, -0.15) is 5.26 Å². The van der Waals surface area contributed by atoms with Crippen molar-refractivity contribution in [3.05, 3.63) is 33.9 Å². The summed E-state index contributed by atoms with van der Waals surface area (Å²) in [7, 11) is 0. The number of benzene rings is 1. The van der Waals surface area contributed by atoms with Gasteiger partial charge in [-0.1, -0.05) is 20.8 Å². The lowest BCUT2D eigenvalue weighted by molar-refractivity contribution is -0.385. The van der Waals surface area contributed by atoms with Gasteiger partial charge < -0.3 is 10.4 Å². The first-order valence-corrected chi connectivity index (χ1v) is 6.33. The molecular formula is C14H19N3O3. The molecule has 0 saturated heterocycles. The van der Waals surface area contributed by atoms with E-state index in [2.05, 4.69) is 5.32 Å². The number of aliphatic hydroxyl groups excluding tert-OH is 1. The lowest BCUT2D eigenvalue weighted by atomic mass is 9.89. The third kappa shape index (κ3) is 4.86. The largest absolute Gasteiger partial charge is 0.391 e. The number of anilines is 1. The standard InChI is InChI=1S/C14H19N3O3/c1-14(2,3)7-12(18)9-16-11-4-5-13(17(19)20)10(6-11)8-15/h4-6,12,16,18H,7,9H2,1-3H3. The highest BCUT2D eigenvalue weighted by Gasteiger charge is 2.17.